The lowest BCUT2D eigenvalue weighted by atomic mass is 9.99. The van der Waals surface area contributed by atoms with Gasteiger partial charge in [0, 0.05) is 20.3 Å². The fourth-order valence-electron chi connectivity index (χ4n) is 2.65. The first-order chi connectivity index (χ1) is 12.5. The van der Waals surface area contributed by atoms with E-state index in [1.54, 1.807) is 14.2 Å². The van der Waals surface area contributed by atoms with Crippen LogP contribution in [0.4, 0.5) is 11.4 Å². The molecule has 2 aromatic rings. The number of rotatable bonds is 8. The Kier molecular flexibility index (Phi) is 6.60. The summed E-state index contributed by atoms with van der Waals surface area (Å²) in [6, 6.07) is 12.9. The van der Waals surface area contributed by atoms with Crippen molar-refractivity contribution in [3.63, 3.8) is 0 Å². The number of anilines is 1. The predicted molar refractivity (Wildman–Crippen MR) is 103 cm³/mol. The van der Waals surface area contributed by atoms with Crippen LogP contribution in [0.2, 0.25) is 0 Å². The van der Waals surface area contributed by atoms with Crippen molar-refractivity contribution in [3.8, 4) is 11.5 Å². The van der Waals surface area contributed by atoms with Crippen molar-refractivity contribution in [2.24, 2.45) is 10.9 Å². The van der Waals surface area contributed by atoms with Gasteiger partial charge in [-0.15, -0.1) is 0 Å². The van der Waals surface area contributed by atoms with Gasteiger partial charge in [-0.2, -0.15) is 0 Å². The fourth-order valence-corrected chi connectivity index (χ4v) is 2.65. The third-order valence-corrected chi connectivity index (χ3v) is 3.92. The Morgan fingerprint density at radius 1 is 1.15 bits per heavy atom. The second-order valence-corrected chi connectivity index (χ2v) is 6.01. The highest BCUT2D eigenvalue weighted by Gasteiger charge is 2.20. The lowest BCUT2D eigenvalue weighted by Crippen LogP contribution is -2.18. The zero-order valence-corrected chi connectivity index (χ0v) is 15.5. The van der Waals surface area contributed by atoms with Gasteiger partial charge in [-0.05, 0) is 36.2 Å². The molecule has 0 saturated carbocycles. The van der Waals surface area contributed by atoms with Gasteiger partial charge in [-0.25, -0.2) is 0 Å². The molecular formula is C20H24N2O4. The summed E-state index contributed by atoms with van der Waals surface area (Å²) in [5, 5.41) is 9.55. The Hall–Kier alpha value is -3.02. The molecule has 2 aromatic carbocycles. The summed E-state index contributed by atoms with van der Waals surface area (Å²) >= 11 is 0. The van der Waals surface area contributed by atoms with Crippen LogP contribution in [0.5, 0.6) is 11.5 Å². The molecule has 1 N–H and O–H groups in total. The molecular weight excluding hydrogens is 332 g/mol. The molecule has 0 saturated heterocycles. The maximum atomic E-state index is 11.6. The summed E-state index contributed by atoms with van der Waals surface area (Å²) in [7, 11) is 6.95. The SMILES string of the molecule is COc1cc(CC(C=Nc2ccccc2)C(=O)O)cc(OC)c1N(C)C. The van der Waals surface area contributed by atoms with E-state index in [4.69, 9.17) is 9.47 Å². The molecule has 1 unspecified atom stereocenters. The molecule has 2 rings (SSSR count). The highest BCUT2D eigenvalue weighted by molar-refractivity contribution is 5.90. The Bertz CT molecular complexity index is 748. The van der Waals surface area contributed by atoms with Crippen LogP contribution >= 0.6 is 0 Å². The monoisotopic (exact) mass is 356 g/mol. The molecule has 138 valence electrons. The lowest BCUT2D eigenvalue weighted by molar-refractivity contribution is -0.139. The molecule has 26 heavy (non-hydrogen) atoms. The Labute approximate surface area is 153 Å². The molecule has 1 atom stereocenters. The van der Waals surface area contributed by atoms with Gasteiger partial charge in [0.15, 0.2) is 0 Å². The number of benzene rings is 2. The molecule has 0 aromatic heterocycles. The van der Waals surface area contributed by atoms with Gasteiger partial charge in [0.2, 0.25) is 0 Å². The maximum Gasteiger partial charge on any atom is 0.312 e. The molecule has 0 heterocycles. The number of hydrogen-bond acceptors (Lipinski definition) is 5. The smallest absolute Gasteiger partial charge is 0.312 e. The van der Waals surface area contributed by atoms with Crippen molar-refractivity contribution >= 4 is 23.6 Å². The van der Waals surface area contributed by atoms with Gasteiger partial charge in [0.25, 0.3) is 0 Å². The predicted octanol–water partition coefficient (Wildman–Crippen LogP) is 3.42. The topological polar surface area (TPSA) is 71.4 Å². The largest absolute Gasteiger partial charge is 0.494 e. The van der Waals surface area contributed by atoms with Crippen LogP contribution in [-0.4, -0.2) is 45.6 Å². The van der Waals surface area contributed by atoms with E-state index >= 15 is 0 Å². The van der Waals surface area contributed by atoms with Crippen molar-refractivity contribution in [1.29, 1.82) is 0 Å². The van der Waals surface area contributed by atoms with Gasteiger partial charge < -0.3 is 19.5 Å². The van der Waals surface area contributed by atoms with Crippen molar-refractivity contribution in [1.82, 2.24) is 0 Å². The Balaban J connectivity index is 2.31. The molecule has 0 spiro atoms. The molecule has 6 heteroatoms. The van der Waals surface area contributed by atoms with E-state index in [2.05, 4.69) is 4.99 Å². The second-order valence-electron chi connectivity index (χ2n) is 6.01. The van der Waals surface area contributed by atoms with Crippen LogP contribution in [0.15, 0.2) is 47.5 Å². The quantitative estimate of drug-likeness (QED) is 0.734. The molecule has 6 nitrogen and oxygen atoms in total. The van der Waals surface area contributed by atoms with E-state index in [0.717, 1.165) is 16.9 Å². The molecule has 0 radical (unpaired) electrons. The van der Waals surface area contributed by atoms with Crippen LogP contribution in [0.25, 0.3) is 0 Å². The van der Waals surface area contributed by atoms with E-state index in [-0.39, 0.29) is 6.42 Å². The molecule has 0 bridgehead atoms. The summed E-state index contributed by atoms with van der Waals surface area (Å²) in [6.07, 6.45) is 1.75. The third kappa shape index (κ3) is 4.75. The van der Waals surface area contributed by atoms with Gasteiger partial charge in [0.1, 0.15) is 17.2 Å². The number of carboxylic acids is 1. The Morgan fingerprint density at radius 3 is 2.19 bits per heavy atom. The number of aliphatic carboxylic acids is 1. The van der Waals surface area contributed by atoms with Crippen LogP contribution in [-0.2, 0) is 11.2 Å². The van der Waals surface area contributed by atoms with E-state index in [1.807, 2.05) is 61.5 Å². The highest BCUT2D eigenvalue weighted by Crippen LogP contribution is 2.38. The van der Waals surface area contributed by atoms with Crippen LogP contribution < -0.4 is 14.4 Å². The molecule has 0 amide bonds. The standard InChI is InChI=1S/C20H24N2O4/c1-22(2)19-17(25-3)11-14(12-18(19)26-4)10-15(20(23)24)13-21-16-8-6-5-7-9-16/h5-9,11-13,15H,10H2,1-4H3,(H,23,24). The number of hydrogen-bond donors (Lipinski definition) is 1. The van der Waals surface area contributed by atoms with Crippen LogP contribution in [0.1, 0.15) is 5.56 Å². The Morgan fingerprint density at radius 2 is 1.73 bits per heavy atom. The number of methoxy groups -OCH3 is 2. The minimum atomic E-state index is -0.931. The van der Waals surface area contributed by atoms with Crippen molar-refractivity contribution in [3.05, 3.63) is 48.0 Å². The molecule has 0 aliphatic carbocycles. The minimum Gasteiger partial charge on any atom is -0.494 e. The summed E-state index contributed by atoms with van der Waals surface area (Å²) in [5.41, 5.74) is 2.33. The summed E-state index contributed by atoms with van der Waals surface area (Å²) in [4.78, 5) is 17.8. The second kappa shape index (κ2) is 8.89. The number of aliphatic imine (C=N–C) groups is 1. The van der Waals surface area contributed by atoms with Crippen molar-refractivity contribution in [2.75, 3.05) is 33.2 Å². The first-order valence-corrected chi connectivity index (χ1v) is 8.20. The number of nitrogens with zero attached hydrogens (tertiary/aromatic N) is 2. The van der Waals surface area contributed by atoms with Crippen molar-refractivity contribution < 1.29 is 19.4 Å². The number of para-hydroxylation sites is 1. The van der Waals surface area contributed by atoms with Gasteiger partial charge in [-0.3, -0.25) is 9.79 Å². The first kappa shape index (κ1) is 19.3. The molecule has 0 aliphatic heterocycles. The lowest BCUT2D eigenvalue weighted by Gasteiger charge is -2.21. The van der Waals surface area contributed by atoms with E-state index < -0.39 is 11.9 Å². The molecule has 0 fully saturated rings. The summed E-state index contributed by atoms with van der Waals surface area (Å²) < 4.78 is 10.9. The van der Waals surface area contributed by atoms with E-state index in [0.29, 0.717) is 11.5 Å². The van der Waals surface area contributed by atoms with Gasteiger partial charge >= 0.3 is 5.97 Å². The summed E-state index contributed by atoms with van der Waals surface area (Å²) in [5.74, 6) is -0.420. The van der Waals surface area contributed by atoms with Crippen LogP contribution in [0.3, 0.4) is 0 Å². The fraction of sp³-hybridized carbons (Fsp3) is 0.300. The minimum absolute atomic E-state index is 0.284. The maximum absolute atomic E-state index is 11.6. The number of carboxylic acid groups (broad SMARTS) is 1. The van der Waals surface area contributed by atoms with Crippen molar-refractivity contribution in [2.45, 2.75) is 6.42 Å². The van der Waals surface area contributed by atoms with E-state index in [9.17, 15) is 9.90 Å². The third-order valence-electron chi connectivity index (χ3n) is 3.92. The zero-order valence-electron chi connectivity index (χ0n) is 15.5. The average Bonchev–Trinajstić information content (AvgIpc) is 2.64. The first-order valence-electron chi connectivity index (χ1n) is 8.20. The zero-order chi connectivity index (χ0) is 19.1. The van der Waals surface area contributed by atoms with Crippen LogP contribution in [0, 0.1) is 5.92 Å². The number of ether oxygens (including phenoxy) is 2. The summed E-state index contributed by atoms with van der Waals surface area (Å²) in [6.45, 7) is 0. The normalized spacial score (nSPS) is 12.0. The average molecular weight is 356 g/mol. The van der Waals surface area contributed by atoms with E-state index in [1.165, 1.54) is 6.21 Å². The van der Waals surface area contributed by atoms with Gasteiger partial charge in [0.05, 0.1) is 25.8 Å². The van der Waals surface area contributed by atoms with Gasteiger partial charge in [-0.1, -0.05) is 18.2 Å². The molecule has 0 aliphatic rings. The number of carbonyl (C=O) groups is 1. The highest BCUT2D eigenvalue weighted by atomic mass is 16.5.